The summed E-state index contributed by atoms with van der Waals surface area (Å²) < 4.78 is 92.6. The van der Waals surface area contributed by atoms with Crippen LogP contribution in [0.15, 0.2) is 60.0 Å². The van der Waals surface area contributed by atoms with Crippen molar-refractivity contribution in [3.8, 4) is 5.75 Å². The number of anilines is 1. The summed E-state index contributed by atoms with van der Waals surface area (Å²) in [5.74, 6) is -0.581. The molecule has 48 heavy (non-hydrogen) atoms. The fourth-order valence-electron chi connectivity index (χ4n) is 5.80. The van der Waals surface area contributed by atoms with Gasteiger partial charge in [0, 0.05) is 57.2 Å². The Kier molecular flexibility index (Phi) is 9.82. The van der Waals surface area contributed by atoms with Crippen molar-refractivity contribution in [1.82, 2.24) is 19.9 Å². The number of benzene rings is 2. The molecule has 1 aromatic heterocycles. The first-order valence-electron chi connectivity index (χ1n) is 14.9. The van der Waals surface area contributed by atoms with Crippen molar-refractivity contribution in [2.24, 2.45) is 5.10 Å². The number of hydrogen-bond donors (Lipinski definition) is 0. The van der Waals surface area contributed by atoms with E-state index < -0.39 is 54.2 Å². The number of esters is 1. The average molecular weight is 679 g/mol. The number of rotatable bonds is 8. The van der Waals surface area contributed by atoms with E-state index in [1.54, 1.807) is 30.7 Å². The van der Waals surface area contributed by atoms with Crippen LogP contribution >= 0.6 is 0 Å². The molecule has 0 aliphatic carbocycles. The van der Waals surface area contributed by atoms with Crippen LogP contribution in [0.2, 0.25) is 0 Å². The van der Waals surface area contributed by atoms with Gasteiger partial charge in [-0.15, -0.1) is 0 Å². The van der Waals surface area contributed by atoms with Gasteiger partial charge < -0.3 is 19.3 Å². The molecule has 1 amide bonds. The van der Waals surface area contributed by atoms with E-state index in [2.05, 4.69) is 15.1 Å². The standard InChI is InChI=1S/C32H32F6N6O4/c1-4-25-12-26(18-44(25)30(46)48-27-7-5-6-20(10-27)28(45)47-3)43(29-39-13-21(14-40-29)22-15-41-42(2)17-22)16-19-8-23(31(33,34)35)11-24(9-19)32(36,37)38/h5-11,13-15,22,25-26H,4,12,16-18H2,1-3H3/t22?,25-,26+/m1/s1. The summed E-state index contributed by atoms with van der Waals surface area (Å²) in [6, 6.07) is 6.25. The molecule has 1 saturated heterocycles. The Morgan fingerprint density at radius 2 is 1.65 bits per heavy atom. The fraction of sp³-hybridized carbons (Fsp3) is 0.406. The molecule has 0 bridgehead atoms. The third-order valence-electron chi connectivity index (χ3n) is 8.25. The van der Waals surface area contributed by atoms with Crippen molar-refractivity contribution in [1.29, 1.82) is 0 Å². The van der Waals surface area contributed by atoms with Crippen LogP contribution in [0.25, 0.3) is 0 Å². The maximum absolute atomic E-state index is 13.7. The smallest absolute Gasteiger partial charge is 0.416 e. The molecule has 0 spiro atoms. The van der Waals surface area contributed by atoms with Crippen LogP contribution in [0.3, 0.4) is 0 Å². The number of nitrogens with zero attached hydrogens (tertiary/aromatic N) is 6. The zero-order valence-electron chi connectivity index (χ0n) is 26.1. The molecule has 1 unspecified atom stereocenters. The van der Waals surface area contributed by atoms with Gasteiger partial charge in [0.1, 0.15) is 5.75 Å². The minimum Gasteiger partial charge on any atom is -0.465 e. The molecular weight excluding hydrogens is 646 g/mol. The van der Waals surface area contributed by atoms with Gasteiger partial charge in [0.15, 0.2) is 0 Å². The van der Waals surface area contributed by atoms with Crippen LogP contribution in [0.5, 0.6) is 5.75 Å². The van der Waals surface area contributed by atoms with E-state index in [1.165, 1.54) is 41.2 Å². The van der Waals surface area contributed by atoms with Crippen molar-refractivity contribution in [3.05, 3.63) is 82.7 Å². The minimum atomic E-state index is -5.03. The molecule has 2 aliphatic rings. The van der Waals surface area contributed by atoms with E-state index in [0.29, 0.717) is 31.5 Å². The predicted octanol–water partition coefficient (Wildman–Crippen LogP) is 6.37. The van der Waals surface area contributed by atoms with Crippen molar-refractivity contribution < 1.29 is 45.4 Å². The Balaban J connectivity index is 1.47. The average Bonchev–Trinajstić information content (AvgIpc) is 3.69. The van der Waals surface area contributed by atoms with Crippen molar-refractivity contribution in [2.75, 3.05) is 32.1 Å². The summed E-state index contributed by atoms with van der Waals surface area (Å²) in [6.45, 7) is 2.01. The van der Waals surface area contributed by atoms with Gasteiger partial charge in [-0.2, -0.15) is 31.4 Å². The molecule has 3 heterocycles. The number of aromatic nitrogens is 2. The second-order valence-electron chi connectivity index (χ2n) is 11.6. The monoisotopic (exact) mass is 678 g/mol. The minimum absolute atomic E-state index is 0.00428. The highest BCUT2D eigenvalue weighted by atomic mass is 19.4. The van der Waals surface area contributed by atoms with E-state index in [1.807, 2.05) is 6.92 Å². The van der Waals surface area contributed by atoms with Crippen LogP contribution in [-0.4, -0.2) is 77.5 Å². The number of likely N-dealkylation sites (tertiary alicyclic amines) is 1. The molecule has 3 aromatic rings. The Bertz CT molecular complexity index is 1630. The highest BCUT2D eigenvalue weighted by molar-refractivity contribution is 5.90. The van der Waals surface area contributed by atoms with Crippen molar-refractivity contribution in [3.63, 3.8) is 0 Å². The van der Waals surface area contributed by atoms with Gasteiger partial charge >= 0.3 is 24.4 Å². The lowest BCUT2D eigenvalue weighted by Gasteiger charge is -2.30. The number of likely N-dealkylation sites (N-methyl/N-ethyl adjacent to an activating group) is 1. The Morgan fingerprint density at radius 3 is 2.21 bits per heavy atom. The van der Waals surface area contributed by atoms with E-state index >= 15 is 0 Å². The zero-order valence-corrected chi connectivity index (χ0v) is 26.1. The van der Waals surface area contributed by atoms with Gasteiger partial charge in [-0.1, -0.05) is 13.0 Å². The number of hydrogen-bond acceptors (Lipinski definition) is 9. The molecule has 2 aliphatic heterocycles. The van der Waals surface area contributed by atoms with Gasteiger partial charge in [-0.3, -0.25) is 5.01 Å². The first-order chi connectivity index (χ1) is 22.7. The van der Waals surface area contributed by atoms with Crippen molar-refractivity contribution in [2.45, 2.75) is 56.7 Å². The maximum atomic E-state index is 13.7. The number of methoxy groups -OCH3 is 1. The molecular formula is C32H32F6N6O4. The quantitative estimate of drug-likeness (QED) is 0.200. The van der Waals surface area contributed by atoms with Crippen LogP contribution in [-0.2, 0) is 23.6 Å². The highest BCUT2D eigenvalue weighted by Gasteiger charge is 2.41. The number of hydrazone groups is 1. The van der Waals surface area contributed by atoms with E-state index in [0.717, 1.165) is 5.56 Å². The molecule has 0 N–H and O–H groups in total. The fourth-order valence-corrected chi connectivity index (χ4v) is 5.80. The maximum Gasteiger partial charge on any atom is 0.416 e. The second kappa shape index (κ2) is 13.7. The number of carbonyl (C=O) groups excluding carboxylic acids is 2. The molecule has 10 nitrogen and oxygen atoms in total. The lowest BCUT2D eigenvalue weighted by Crippen LogP contribution is -2.41. The van der Waals surface area contributed by atoms with Crippen LogP contribution in [0.1, 0.15) is 58.3 Å². The molecule has 5 rings (SSSR count). The van der Waals surface area contributed by atoms with Crippen molar-refractivity contribution >= 4 is 24.2 Å². The number of halogens is 6. The topological polar surface area (TPSA) is 100 Å². The van der Waals surface area contributed by atoms with E-state index in [-0.39, 0.29) is 41.4 Å². The largest absolute Gasteiger partial charge is 0.465 e. The Labute approximate surface area is 272 Å². The zero-order chi connectivity index (χ0) is 34.8. The number of ether oxygens (including phenoxy) is 2. The summed E-state index contributed by atoms with van der Waals surface area (Å²) in [7, 11) is 3.01. The van der Waals surface area contributed by atoms with Crippen LogP contribution < -0.4 is 9.64 Å². The second-order valence-corrected chi connectivity index (χ2v) is 11.6. The van der Waals surface area contributed by atoms with Gasteiger partial charge in [0.05, 0.1) is 29.8 Å². The van der Waals surface area contributed by atoms with E-state index in [4.69, 9.17) is 9.47 Å². The number of carbonyl (C=O) groups is 2. The van der Waals surface area contributed by atoms with Gasteiger partial charge in [-0.05, 0) is 60.4 Å². The van der Waals surface area contributed by atoms with Crippen LogP contribution in [0, 0.1) is 0 Å². The van der Waals surface area contributed by atoms with Gasteiger partial charge in [0.2, 0.25) is 5.95 Å². The molecule has 1 fully saturated rings. The summed E-state index contributed by atoms with van der Waals surface area (Å²) in [5.41, 5.74) is -2.25. The summed E-state index contributed by atoms with van der Waals surface area (Å²) in [6.07, 6.45) is -5.21. The summed E-state index contributed by atoms with van der Waals surface area (Å²) in [4.78, 5) is 37.2. The Hall–Kier alpha value is -4.89. The molecule has 256 valence electrons. The first-order valence-corrected chi connectivity index (χ1v) is 14.9. The molecule has 0 radical (unpaired) electrons. The lowest BCUT2D eigenvalue weighted by atomic mass is 10.0. The van der Waals surface area contributed by atoms with Gasteiger partial charge in [-0.25, -0.2) is 19.6 Å². The third kappa shape index (κ3) is 7.80. The summed E-state index contributed by atoms with van der Waals surface area (Å²) in [5, 5.41) is 5.94. The molecule has 16 heteroatoms. The normalized spacial score (nSPS) is 19.5. The number of amides is 1. The molecule has 0 saturated carbocycles. The summed E-state index contributed by atoms with van der Waals surface area (Å²) >= 11 is 0. The molecule has 3 atom stereocenters. The number of alkyl halides is 6. The third-order valence-corrected chi connectivity index (χ3v) is 8.25. The van der Waals surface area contributed by atoms with E-state index in [9.17, 15) is 35.9 Å². The Morgan fingerprint density at radius 1 is 0.979 bits per heavy atom. The van der Waals surface area contributed by atoms with Crippen LogP contribution in [0.4, 0.5) is 37.1 Å². The lowest BCUT2D eigenvalue weighted by molar-refractivity contribution is -0.143. The predicted molar refractivity (Wildman–Crippen MR) is 162 cm³/mol. The van der Waals surface area contributed by atoms with Gasteiger partial charge in [0.25, 0.3) is 0 Å². The molecule has 2 aromatic carbocycles. The SMILES string of the molecule is CC[C@@H]1C[C@H](N(Cc2cc(C(F)(F)F)cc(C(F)(F)F)c2)c2ncc(C3C=NN(C)C3)cn2)CN1C(=O)Oc1cccc(C(=O)OC)c1. The highest BCUT2D eigenvalue weighted by Crippen LogP contribution is 2.37. The first kappa shape index (κ1) is 34.4.